The first-order valence-electron chi connectivity index (χ1n) is 5.57. The zero-order valence-corrected chi connectivity index (χ0v) is 12.7. The Labute approximate surface area is 116 Å². The molecule has 0 aliphatic carbocycles. The van der Waals surface area contributed by atoms with Crippen molar-refractivity contribution >= 4 is 27.3 Å². The third kappa shape index (κ3) is 4.00. The highest BCUT2D eigenvalue weighted by atomic mass is 32.2. The molecule has 1 N–H and O–H groups in total. The minimum absolute atomic E-state index is 0.0134. The lowest BCUT2D eigenvalue weighted by Crippen LogP contribution is -2.38. The summed E-state index contributed by atoms with van der Waals surface area (Å²) in [6.45, 7) is 3.11. The first-order valence-corrected chi connectivity index (χ1v) is 7.82. The zero-order valence-electron chi connectivity index (χ0n) is 11.0. The summed E-state index contributed by atoms with van der Waals surface area (Å²) in [7, 11) is -2.36. The first kappa shape index (κ1) is 16.1. The van der Waals surface area contributed by atoms with Gasteiger partial charge in [-0.15, -0.1) is 11.3 Å². The van der Waals surface area contributed by atoms with Crippen LogP contribution in [-0.4, -0.2) is 50.6 Å². The van der Waals surface area contributed by atoms with E-state index in [1.165, 1.54) is 18.4 Å². The molecule has 0 atom stereocenters. The Morgan fingerprint density at radius 1 is 1.47 bits per heavy atom. The third-order valence-electron chi connectivity index (χ3n) is 2.47. The number of hydrogen-bond acceptors (Lipinski definition) is 5. The lowest BCUT2D eigenvalue weighted by Gasteiger charge is -2.19. The van der Waals surface area contributed by atoms with E-state index in [1.807, 2.05) is 6.92 Å². The number of carboxylic acid groups (broad SMARTS) is 1. The number of sulfonamides is 1. The number of carbonyl (C=O) groups is 1. The van der Waals surface area contributed by atoms with Crippen molar-refractivity contribution in [2.24, 2.45) is 0 Å². The minimum atomic E-state index is -3.80. The molecular weight excluding hydrogens is 290 g/mol. The topological polar surface area (TPSA) is 83.9 Å². The van der Waals surface area contributed by atoms with Crippen molar-refractivity contribution in [2.45, 2.75) is 18.7 Å². The van der Waals surface area contributed by atoms with Crippen LogP contribution < -0.4 is 0 Å². The van der Waals surface area contributed by atoms with Crippen LogP contribution in [0, 0.1) is 13.8 Å². The Morgan fingerprint density at radius 3 is 2.53 bits per heavy atom. The van der Waals surface area contributed by atoms with Gasteiger partial charge in [-0.3, -0.25) is 4.79 Å². The van der Waals surface area contributed by atoms with E-state index in [4.69, 9.17) is 9.84 Å². The van der Waals surface area contributed by atoms with Gasteiger partial charge in [0.1, 0.15) is 6.54 Å². The summed E-state index contributed by atoms with van der Waals surface area (Å²) in [4.78, 5) is 12.5. The highest BCUT2D eigenvalue weighted by molar-refractivity contribution is 7.89. The molecule has 0 saturated carbocycles. The Morgan fingerprint density at radius 2 is 2.11 bits per heavy atom. The number of hydrogen-bond donors (Lipinski definition) is 1. The van der Waals surface area contributed by atoms with Gasteiger partial charge in [0.15, 0.2) is 0 Å². The Kier molecular flexibility index (Phi) is 5.48. The number of nitrogens with zero attached hydrogens (tertiary/aromatic N) is 1. The average molecular weight is 307 g/mol. The molecular formula is C11H17NO5S2. The number of methoxy groups -OCH3 is 1. The lowest BCUT2D eigenvalue weighted by atomic mass is 10.4. The van der Waals surface area contributed by atoms with Gasteiger partial charge >= 0.3 is 5.97 Å². The number of rotatable bonds is 7. The van der Waals surface area contributed by atoms with Gasteiger partial charge in [0.2, 0.25) is 10.0 Å². The molecule has 0 spiro atoms. The number of ether oxygens (including phenoxy) is 1. The van der Waals surface area contributed by atoms with E-state index in [0.717, 1.165) is 9.18 Å². The van der Waals surface area contributed by atoms with Crippen molar-refractivity contribution in [3.8, 4) is 0 Å². The van der Waals surface area contributed by atoms with Crippen molar-refractivity contribution in [2.75, 3.05) is 26.8 Å². The van der Waals surface area contributed by atoms with E-state index in [-0.39, 0.29) is 18.0 Å². The maximum Gasteiger partial charge on any atom is 0.318 e. The Bertz CT molecular complexity index is 549. The molecule has 0 saturated heterocycles. The molecule has 0 amide bonds. The van der Waals surface area contributed by atoms with Crippen molar-refractivity contribution in [3.63, 3.8) is 0 Å². The summed E-state index contributed by atoms with van der Waals surface area (Å²) in [6, 6.07) is 1.57. The van der Waals surface area contributed by atoms with Crippen molar-refractivity contribution in [1.82, 2.24) is 4.31 Å². The molecule has 8 heteroatoms. The van der Waals surface area contributed by atoms with Gasteiger partial charge in [-0.05, 0) is 19.9 Å². The molecule has 1 heterocycles. The molecule has 0 bridgehead atoms. The van der Waals surface area contributed by atoms with Crippen molar-refractivity contribution < 1.29 is 23.1 Å². The molecule has 6 nitrogen and oxygen atoms in total. The molecule has 0 unspecified atom stereocenters. The third-order valence-corrected chi connectivity index (χ3v) is 5.54. The molecule has 19 heavy (non-hydrogen) atoms. The standard InChI is InChI=1S/C11H17NO5S2/c1-8-6-10(9(2)18-8)19(15,16)12(4-5-17-3)7-11(13)14/h6H,4-5,7H2,1-3H3,(H,13,14). The molecule has 0 radical (unpaired) electrons. The van der Waals surface area contributed by atoms with E-state index < -0.39 is 22.5 Å². The Hall–Kier alpha value is -0.960. The molecule has 0 fully saturated rings. The van der Waals surface area contributed by atoms with Crippen molar-refractivity contribution in [3.05, 3.63) is 15.8 Å². The van der Waals surface area contributed by atoms with Gasteiger partial charge < -0.3 is 9.84 Å². The number of aliphatic carboxylic acids is 1. The second kappa shape index (κ2) is 6.47. The second-order valence-electron chi connectivity index (χ2n) is 4.00. The van der Waals surface area contributed by atoms with E-state index in [9.17, 15) is 13.2 Å². The van der Waals surface area contributed by atoms with E-state index >= 15 is 0 Å². The minimum Gasteiger partial charge on any atom is -0.480 e. The highest BCUT2D eigenvalue weighted by Gasteiger charge is 2.28. The predicted molar refractivity (Wildman–Crippen MR) is 72.1 cm³/mol. The quantitative estimate of drug-likeness (QED) is 0.815. The van der Waals surface area contributed by atoms with Gasteiger partial charge in [0.05, 0.1) is 11.5 Å². The fourth-order valence-corrected chi connectivity index (χ4v) is 4.53. The van der Waals surface area contributed by atoms with E-state index in [0.29, 0.717) is 4.88 Å². The van der Waals surface area contributed by atoms with Crippen LogP contribution in [0.5, 0.6) is 0 Å². The molecule has 0 aliphatic rings. The Balaban J connectivity index is 3.11. The first-order chi connectivity index (χ1) is 8.78. The molecule has 0 aliphatic heterocycles. The summed E-state index contributed by atoms with van der Waals surface area (Å²) < 4.78 is 30.6. The predicted octanol–water partition coefficient (Wildman–Crippen LogP) is 1.09. The van der Waals surface area contributed by atoms with Crippen LogP contribution in [0.4, 0.5) is 0 Å². The smallest absolute Gasteiger partial charge is 0.318 e. The summed E-state index contributed by atoms with van der Waals surface area (Å²) >= 11 is 1.37. The maximum atomic E-state index is 12.4. The lowest BCUT2D eigenvalue weighted by molar-refractivity contribution is -0.137. The van der Waals surface area contributed by atoms with Crippen LogP contribution in [0.3, 0.4) is 0 Å². The van der Waals surface area contributed by atoms with Crippen LogP contribution in [0.25, 0.3) is 0 Å². The van der Waals surface area contributed by atoms with Gasteiger partial charge in [0, 0.05) is 23.4 Å². The normalized spacial score (nSPS) is 12.0. The number of thiophene rings is 1. The fourth-order valence-electron chi connectivity index (χ4n) is 1.63. The van der Waals surface area contributed by atoms with E-state index in [2.05, 4.69) is 0 Å². The van der Waals surface area contributed by atoms with Gasteiger partial charge in [-0.25, -0.2) is 8.42 Å². The highest BCUT2D eigenvalue weighted by Crippen LogP contribution is 2.27. The number of aryl methyl sites for hydroxylation is 2. The summed E-state index contributed by atoms with van der Waals surface area (Å²) in [5.41, 5.74) is 0. The van der Waals surface area contributed by atoms with Gasteiger partial charge in [-0.2, -0.15) is 4.31 Å². The second-order valence-corrected chi connectivity index (χ2v) is 7.37. The fraction of sp³-hybridized carbons (Fsp3) is 0.545. The molecule has 1 rings (SSSR count). The van der Waals surface area contributed by atoms with Crippen LogP contribution >= 0.6 is 11.3 Å². The van der Waals surface area contributed by atoms with Crippen molar-refractivity contribution in [1.29, 1.82) is 0 Å². The summed E-state index contributed by atoms with van der Waals surface area (Å²) in [6.07, 6.45) is 0. The van der Waals surface area contributed by atoms with Gasteiger partial charge in [-0.1, -0.05) is 0 Å². The summed E-state index contributed by atoms with van der Waals surface area (Å²) in [5, 5.41) is 8.82. The van der Waals surface area contributed by atoms with Crippen LogP contribution in [0.15, 0.2) is 11.0 Å². The molecule has 1 aromatic rings. The van der Waals surface area contributed by atoms with Crippen LogP contribution in [0.1, 0.15) is 9.75 Å². The van der Waals surface area contributed by atoms with Crippen LogP contribution in [0.2, 0.25) is 0 Å². The molecule has 1 aromatic heterocycles. The van der Waals surface area contributed by atoms with Gasteiger partial charge in [0.25, 0.3) is 0 Å². The zero-order chi connectivity index (χ0) is 14.6. The monoisotopic (exact) mass is 307 g/mol. The molecule has 0 aromatic carbocycles. The maximum absolute atomic E-state index is 12.4. The van der Waals surface area contributed by atoms with Crippen LogP contribution in [-0.2, 0) is 19.6 Å². The molecule has 108 valence electrons. The largest absolute Gasteiger partial charge is 0.480 e. The SMILES string of the molecule is COCCN(CC(=O)O)S(=O)(=O)c1cc(C)sc1C. The summed E-state index contributed by atoms with van der Waals surface area (Å²) in [5.74, 6) is -1.19. The number of carboxylic acids is 1. The van der Waals surface area contributed by atoms with E-state index in [1.54, 1.807) is 13.0 Å². The average Bonchev–Trinajstić information content (AvgIpc) is 2.63.